The summed E-state index contributed by atoms with van der Waals surface area (Å²) in [6.07, 6.45) is -2.28. The van der Waals surface area contributed by atoms with Crippen LogP contribution < -0.4 is 0 Å². The van der Waals surface area contributed by atoms with Crippen LogP contribution in [0.1, 0.15) is 48.6 Å². The van der Waals surface area contributed by atoms with E-state index in [9.17, 15) is 9.59 Å². The molecule has 0 unspecified atom stereocenters. The molecular formula is C44H40O6. The second-order valence-corrected chi connectivity index (χ2v) is 12.7. The average Bonchev–Trinajstić information content (AvgIpc) is 3.53. The molecule has 0 amide bonds. The highest BCUT2D eigenvalue weighted by Gasteiger charge is 2.66. The Hall–Kier alpha value is -5.56. The van der Waals surface area contributed by atoms with Crippen molar-refractivity contribution in [1.82, 2.24) is 0 Å². The Morgan fingerprint density at radius 1 is 0.520 bits per heavy atom. The van der Waals surface area contributed by atoms with Gasteiger partial charge in [-0.3, -0.25) is 0 Å². The van der Waals surface area contributed by atoms with Gasteiger partial charge in [0.15, 0.2) is 17.0 Å². The van der Waals surface area contributed by atoms with E-state index in [1.165, 1.54) is 0 Å². The summed E-state index contributed by atoms with van der Waals surface area (Å²) in [6, 6.07) is 47.3. The lowest BCUT2D eigenvalue weighted by atomic mass is 9.71. The molecule has 0 spiro atoms. The Morgan fingerprint density at radius 3 is 1.04 bits per heavy atom. The Morgan fingerprint density at radius 2 is 0.780 bits per heavy atom. The summed E-state index contributed by atoms with van der Waals surface area (Å²) in [6.45, 7) is 12.9. The summed E-state index contributed by atoms with van der Waals surface area (Å²) >= 11 is 0. The zero-order valence-electron chi connectivity index (χ0n) is 28.5. The topological polar surface area (TPSA) is 71.1 Å². The summed E-state index contributed by atoms with van der Waals surface area (Å²) in [5.74, 6) is -2.67. The molecule has 1 aliphatic heterocycles. The fraction of sp³-hybridized carbons (Fsp3) is 0.182. The molecule has 6 nitrogen and oxygen atoms in total. The smallest absolute Gasteiger partial charge is 0.334 e. The van der Waals surface area contributed by atoms with Crippen molar-refractivity contribution in [2.75, 3.05) is 0 Å². The van der Waals surface area contributed by atoms with Gasteiger partial charge >= 0.3 is 11.9 Å². The van der Waals surface area contributed by atoms with Gasteiger partial charge in [-0.2, -0.15) is 0 Å². The summed E-state index contributed by atoms with van der Waals surface area (Å²) < 4.78 is 28.0. The highest BCUT2D eigenvalue weighted by atomic mass is 16.8. The standard InChI is InChI=1S/C44H40O6/c1-31(2)40(45)49-43(34-23-13-7-14-24-34,35-25-15-8-16-26-35)38-39(48-42(5,47-38)33-21-11-6-12-22-33)44(50-41(46)32(3)4,36-27-17-9-18-28-36)37-29-19-10-20-30-37/h6-30,38-39H,1,3H2,2,4-5H3/t38-,39-/m1/s1. The molecule has 1 fully saturated rings. The normalized spacial score (nSPS) is 17.0. The van der Waals surface area contributed by atoms with Crippen LogP contribution >= 0.6 is 0 Å². The molecule has 252 valence electrons. The number of carbonyl (C=O) groups is 2. The predicted molar refractivity (Wildman–Crippen MR) is 193 cm³/mol. The Bertz CT molecular complexity index is 1750. The lowest BCUT2D eigenvalue weighted by molar-refractivity contribution is -0.201. The molecule has 0 aliphatic carbocycles. The summed E-state index contributed by atoms with van der Waals surface area (Å²) in [5.41, 5.74) is 0.310. The van der Waals surface area contributed by atoms with Crippen LogP contribution in [0.5, 0.6) is 0 Å². The molecular weight excluding hydrogens is 624 g/mol. The lowest BCUT2D eigenvalue weighted by Crippen LogP contribution is -2.57. The van der Waals surface area contributed by atoms with Gasteiger partial charge in [-0.1, -0.05) is 165 Å². The molecule has 0 N–H and O–H groups in total. The SMILES string of the molecule is C=C(C)C(=O)OC(c1ccccc1)(c1ccccc1)[C@@H]1OC(C)(c2ccccc2)O[C@H]1C(OC(=O)C(=C)C)(c1ccccc1)c1ccccc1. The van der Waals surface area contributed by atoms with Crippen molar-refractivity contribution >= 4 is 11.9 Å². The number of hydrogen-bond acceptors (Lipinski definition) is 6. The molecule has 6 heteroatoms. The monoisotopic (exact) mass is 664 g/mol. The van der Waals surface area contributed by atoms with Gasteiger partial charge in [0.1, 0.15) is 12.2 Å². The molecule has 5 aromatic rings. The quantitative estimate of drug-likeness (QED) is 0.104. The Kier molecular flexibility index (Phi) is 9.69. The number of ether oxygens (including phenoxy) is 4. The van der Waals surface area contributed by atoms with Crippen molar-refractivity contribution in [2.24, 2.45) is 0 Å². The Labute approximate surface area is 293 Å². The molecule has 1 saturated heterocycles. The third-order valence-electron chi connectivity index (χ3n) is 9.09. The first-order valence-corrected chi connectivity index (χ1v) is 16.5. The van der Waals surface area contributed by atoms with Crippen LogP contribution in [0.2, 0.25) is 0 Å². The maximum atomic E-state index is 13.9. The van der Waals surface area contributed by atoms with Crippen LogP contribution in [-0.2, 0) is 45.5 Å². The van der Waals surface area contributed by atoms with Crippen LogP contribution in [0.15, 0.2) is 176 Å². The van der Waals surface area contributed by atoms with Gasteiger partial charge in [-0.25, -0.2) is 9.59 Å². The number of carbonyl (C=O) groups excluding carboxylic acids is 2. The Balaban J connectivity index is 1.76. The zero-order valence-corrected chi connectivity index (χ0v) is 28.5. The summed E-state index contributed by atoms with van der Waals surface area (Å²) in [4.78, 5) is 27.9. The van der Waals surface area contributed by atoms with Gasteiger partial charge in [0.25, 0.3) is 0 Å². The van der Waals surface area contributed by atoms with E-state index in [1.54, 1.807) is 13.8 Å². The van der Waals surface area contributed by atoms with Crippen LogP contribution in [0.25, 0.3) is 0 Å². The van der Waals surface area contributed by atoms with E-state index >= 15 is 0 Å². The molecule has 50 heavy (non-hydrogen) atoms. The summed E-state index contributed by atoms with van der Waals surface area (Å²) in [5, 5.41) is 0. The molecule has 0 radical (unpaired) electrons. The minimum Gasteiger partial charge on any atom is -0.443 e. The van der Waals surface area contributed by atoms with Crippen molar-refractivity contribution < 1.29 is 28.5 Å². The molecule has 0 aromatic heterocycles. The molecule has 0 bridgehead atoms. The van der Waals surface area contributed by atoms with Gasteiger partial charge in [0.2, 0.25) is 0 Å². The number of benzene rings is 5. The fourth-order valence-electron chi connectivity index (χ4n) is 6.66. The molecule has 1 aliphatic rings. The molecule has 6 rings (SSSR count). The maximum Gasteiger partial charge on any atom is 0.334 e. The third-order valence-corrected chi connectivity index (χ3v) is 9.09. The minimum absolute atomic E-state index is 0.202. The van der Waals surface area contributed by atoms with Gasteiger partial charge in [0, 0.05) is 39.0 Å². The van der Waals surface area contributed by atoms with Crippen LogP contribution in [-0.4, -0.2) is 24.1 Å². The lowest BCUT2D eigenvalue weighted by Gasteiger charge is -2.46. The van der Waals surface area contributed by atoms with Gasteiger partial charge < -0.3 is 18.9 Å². The number of hydrogen-bond donors (Lipinski definition) is 0. The second kappa shape index (κ2) is 14.1. The van der Waals surface area contributed by atoms with Crippen LogP contribution in [0.4, 0.5) is 0 Å². The van der Waals surface area contributed by atoms with Crippen molar-refractivity contribution in [2.45, 2.75) is 50.0 Å². The summed E-state index contributed by atoms with van der Waals surface area (Å²) in [7, 11) is 0. The van der Waals surface area contributed by atoms with E-state index in [1.807, 2.05) is 159 Å². The van der Waals surface area contributed by atoms with Crippen LogP contribution in [0.3, 0.4) is 0 Å². The molecule has 1 heterocycles. The number of rotatable bonds is 11. The third kappa shape index (κ3) is 6.20. The highest BCUT2D eigenvalue weighted by Crippen LogP contribution is 2.55. The first-order valence-electron chi connectivity index (χ1n) is 16.5. The van der Waals surface area contributed by atoms with Crippen LogP contribution in [0, 0.1) is 0 Å². The van der Waals surface area contributed by atoms with E-state index in [2.05, 4.69) is 13.2 Å². The molecule has 5 aromatic carbocycles. The van der Waals surface area contributed by atoms with E-state index in [4.69, 9.17) is 18.9 Å². The molecule has 2 atom stereocenters. The fourth-order valence-corrected chi connectivity index (χ4v) is 6.66. The average molecular weight is 665 g/mol. The maximum absolute atomic E-state index is 13.9. The predicted octanol–water partition coefficient (Wildman–Crippen LogP) is 8.77. The van der Waals surface area contributed by atoms with Gasteiger partial charge in [0.05, 0.1) is 0 Å². The van der Waals surface area contributed by atoms with Crippen molar-refractivity contribution in [1.29, 1.82) is 0 Å². The van der Waals surface area contributed by atoms with Crippen molar-refractivity contribution in [3.63, 3.8) is 0 Å². The second-order valence-electron chi connectivity index (χ2n) is 12.7. The zero-order chi connectivity index (χ0) is 35.4. The van der Waals surface area contributed by atoms with E-state index in [-0.39, 0.29) is 11.1 Å². The minimum atomic E-state index is -1.65. The van der Waals surface area contributed by atoms with Gasteiger partial charge in [-0.15, -0.1) is 0 Å². The van der Waals surface area contributed by atoms with E-state index in [0.29, 0.717) is 22.3 Å². The first-order chi connectivity index (χ1) is 24.1. The largest absolute Gasteiger partial charge is 0.443 e. The van der Waals surface area contributed by atoms with Crippen molar-refractivity contribution in [3.05, 3.63) is 204 Å². The van der Waals surface area contributed by atoms with Gasteiger partial charge in [-0.05, 0) is 20.8 Å². The van der Waals surface area contributed by atoms with E-state index in [0.717, 1.165) is 5.56 Å². The van der Waals surface area contributed by atoms with Crippen molar-refractivity contribution in [3.8, 4) is 0 Å². The highest BCUT2D eigenvalue weighted by molar-refractivity contribution is 5.88. The number of esters is 2. The first kappa shape index (κ1) is 34.3. The molecule has 0 saturated carbocycles. The van der Waals surface area contributed by atoms with E-state index < -0.39 is 41.1 Å².